The molecule has 1 aromatic heterocycles. The maximum atomic E-state index is 8.59. The molecule has 0 aromatic carbocycles. The van der Waals surface area contributed by atoms with Crippen LogP contribution in [0.5, 0.6) is 0 Å². The molecule has 66 valence electrons. The zero-order valence-electron chi connectivity index (χ0n) is 7.16. The van der Waals surface area contributed by atoms with Crippen molar-refractivity contribution in [2.75, 3.05) is 12.4 Å². The second-order valence-corrected chi connectivity index (χ2v) is 3.70. The molecule has 1 aromatic rings. The van der Waals surface area contributed by atoms with Crippen LogP contribution in [0.1, 0.15) is 12.0 Å². The quantitative estimate of drug-likeness (QED) is 0.571. The van der Waals surface area contributed by atoms with E-state index in [1.165, 1.54) is 10.5 Å². The Kier molecular flexibility index (Phi) is 4.11. The summed E-state index contributed by atoms with van der Waals surface area (Å²) >= 11 is 1.77. The fourth-order valence-corrected chi connectivity index (χ4v) is 1.80. The van der Waals surface area contributed by atoms with Crippen LogP contribution in [-0.4, -0.2) is 22.5 Å². The molecule has 0 bridgehead atoms. The van der Waals surface area contributed by atoms with Crippen molar-refractivity contribution in [2.45, 2.75) is 18.2 Å². The van der Waals surface area contributed by atoms with E-state index in [-0.39, 0.29) is 6.61 Å². The van der Waals surface area contributed by atoms with Crippen LogP contribution in [0.4, 0.5) is 0 Å². The highest BCUT2D eigenvalue weighted by Crippen LogP contribution is 2.21. The van der Waals surface area contributed by atoms with Crippen molar-refractivity contribution in [3.8, 4) is 0 Å². The lowest BCUT2D eigenvalue weighted by Crippen LogP contribution is -1.87. The molecule has 1 N–H and O–H groups in total. The minimum Gasteiger partial charge on any atom is -0.396 e. The Hall–Kier alpha value is -0.540. The van der Waals surface area contributed by atoms with Crippen molar-refractivity contribution in [3.05, 3.63) is 24.0 Å². The number of aliphatic hydroxyl groups is 1. The predicted octanol–water partition coefficient (Wildman–Crippen LogP) is 1.86. The summed E-state index contributed by atoms with van der Waals surface area (Å²) in [6.07, 6.45) is 4.52. The van der Waals surface area contributed by atoms with E-state index in [9.17, 15) is 0 Å². The third-order valence-corrected chi connectivity index (χ3v) is 2.79. The lowest BCUT2D eigenvalue weighted by molar-refractivity contribution is 0.296. The lowest BCUT2D eigenvalue weighted by atomic mass is 10.3. The number of aliphatic hydroxyl groups excluding tert-OH is 1. The van der Waals surface area contributed by atoms with Gasteiger partial charge in [-0.1, -0.05) is 0 Å². The molecule has 0 amide bonds. The van der Waals surface area contributed by atoms with Crippen molar-refractivity contribution < 1.29 is 5.11 Å². The summed E-state index contributed by atoms with van der Waals surface area (Å²) in [5, 5.41) is 8.59. The highest BCUT2D eigenvalue weighted by Gasteiger charge is 1.96. The number of hydrogen-bond acceptors (Lipinski definition) is 3. The number of aromatic nitrogens is 1. The molecule has 1 heterocycles. The van der Waals surface area contributed by atoms with E-state index >= 15 is 0 Å². The van der Waals surface area contributed by atoms with E-state index < -0.39 is 0 Å². The first-order valence-corrected chi connectivity index (χ1v) is 4.97. The van der Waals surface area contributed by atoms with Gasteiger partial charge < -0.3 is 5.11 Å². The van der Waals surface area contributed by atoms with Crippen molar-refractivity contribution in [2.24, 2.45) is 0 Å². The SMILES string of the molecule is Cc1cnccc1SCCCO. The number of rotatable bonds is 4. The van der Waals surface area contributed by atoms with Crippen LogP contribution in [0.15, 0.2) is 23.4 Å². The second-order valence-electron chi connectivity index (χ2n) is 2.57. The molecule has 3 heteroatoms. The Morgan fingerprint density at radius 1 is 1.58 bits per heavy atom. The monoisotopic (exact) mass is 183 g/mol. The molecule has 0 unspecified atom stereocenters. The molecule has 0 saturated carbocycles. The van der Waals surface area contributed by atoms with Crippen LogP contribution < -0.4 is 0 Å². The van der Waals surface area contributed by atoms with E-state index in [1.807, 2.05) is 19.2 Å². The van der Waals surface area contributed by atoms with Gasteiger partial charge in [0.25, 0.3) is 0 Å². The molecule has 0 atom stereocenters. The molecule has 1 rings (SSSR count). The van der Waals surface area contributed by atoms with E-state index in [1.54, 1.807) is 18.0 Å². The number of hydrogen-bond donors (Lipinski definition) is 1. The van der Waals surface area contributed by atoms with Gasteiger partial charge in [-0.15, -0.1) is 11.8 Å². The number of thioether (sulfide) groups is 1. The summed E-state index contributed by atoms with van der Waals surface area (Å²) in [7, 11) is 0. The normalized spacial score (nSPS) is 10.2. The average molecular weight is 183 g/mol. The Morgan fingerprint density at radius 2 is 2.42 bits per heavy atom. The highest BCUT2D eigenvalue weighted by atomic mass is 32.2. The van der Waals surface area contributed by atoms with Gasteiger partial charge in [-0.05, 0) is 25.0 Å². The van der Waals surface area contributed by atoms with Gasteiger partial charge in [0.15, 0.2) is 0 Å². The summed E-state index contributed by atoms with van der Waals surface area (Å²) < 4.78 is 0. The Bertz CT molecular complexity index is 240. The molecule has 0 radical (unpaired) electrons. The average Bonchev–Trinajstić information content (AvgIpc) is 2.09. The van der Waals surface area contributed by atoms with Crippen LogP contribution in [0.25, 0.3) is 0 Å². The molecule has 0 aliphatic rings. The van der Waals surface area contributed by atoms with Crippen LogP contribution in [0.3, 0.4) is 0 Å². The first kappa shape index (κ1) is 9.55. The summed E-state index contributed by atoms with van der Waals surface area (Å²) in [5.74, 6) is 0.974. The van der Waals surface area contributed by atoms with Crippen LogP contribution in [0, 0.1) is 6.92 Å². The van der Waals surface area contributed by atoms with Crippen molar-refractivity contribution >= 4 is 11.8 Å². The van der Waals surface area contributed by atoms with Gasteiger partial charge in [-0.3, -0.25) is 4.98 Å². The molecule has 12 heavy (non-hydrogen) atoms. The van der Waals surface area contributed by atoms with Crippen LogP contribution >= 0.6 is 11.8 Å². The van der Waals surface area contributed by atoms with Crippen molar-refractivity contribution in [3.63, 3.8) is 0 Å². The number of pyridine rings is 1. The molecular formula is C9H13NOS. The lowest BCUT2D eigenvalue weighted by Gasteiger charge is -2.02. The zero-order chi connectivity index (χ0) is 8.81. The van der Waals surface area contributed by atoms with Crippen LogP contribution in [-0.2, 0) is 0 Å². The Balaban J connectivity index is 2.46. The van der Waals surface area contributed by atoms with Gasteiger partial charge in [-0.2, -0.15) is 0 Å². The fourth-order valence-electron chi connectivity index (χ4n) is 0.869. The maximum Gasteiger partial charge on any atom is 0.0439 e. The van der Waals surface area contributed by atoms with E-state index in [0.29, 0.717) is 0 Å². The van der Waals surface area contributed by atoms with Gasteiger partial charge >= 0.3 is 0 Å². The van der Waals surface area contributed by atoms with Gasteiger partial charge in [0.05, 0.1) is 0 Å². The predicted molar refractivity (Wildman–Crippen MR) is 51.4 cm³/mol. The molecule has 0 fully saturated rings. The topological polar surface area (TPSA) is 33.1 Å². The molecule has 0 aliphatic heterocycles. The van der Waals surface area contributed by atoms with Crippen LogP contribution in [0.2, 0.25) is 0 Å². The standard InChI is InChI=1S/C9H13NOS/c1-8-7-10-4-3-9(8)12-6-2-5-11/h3-4,7,11H,2,5-6H2,1H3. The Labute approximate surface area is 77.0 Å². The molecule has 0 spiro atoms. The minimum absolute atomic E-state index is 0.275. The summed E-state index contributed by atoms with van der Waals surface area (Å²) in [6.45, 7) is 2.32. The zero-order valence-corrected chi connectivity index (χ0v) is 7.97. The molecular weight excluding hydrogens is 170 g/mol. The van der Waals surface area contributed by atoms with E-state index in [4.69, 9.17) is 5.11 Å². The second kappa shape index (κ2) is 5.17. The highest BCUT2D eigenvalue weighted by molar-refractivity contribution is 7.99. The summed E-state index contributed by atoms with van der Waals surface area (Å²) in [6, 6.07) is 2.01. The van der Waals surface area contributed by atoms with E-state index in [2.05, 4.69) is 4.98 Å². The largest absolute Gasteiger partial charge is 0.396 e. The summed E-state index contributed by atoms with van der Waals surface area (Å²) in [5.41, 5.74) is 1.21. The fraction of sp³-hybridized carbons (Fsp3) is 0.444. The number of nitrogens with zero attached hydrogens (tertiary/aromatic N) is 1. The third kappa shape index (κ3) is 2.83. The smallest absolute Gasteiger partial charge is 0.0439 e. The van der Waals surface area contributed by atoms with Crippen molar-refractivity contribution in [1.29, 1.82) is 0 Å². The molecule has 2 nitrogen and oxygen atoms in total. The number of aryl methyl sites for hydroxylation is 1. The first-order valence-electron chi connectivity index (χ1n) is 3.99. The maximum absolute atomic E-state index is 8.59. The van der Waals surface area contributed by atoms with E-state index in [0.717, 1.165) is 12.2 Å². The molecule has 0 aliphatic carbocycles. The van der Waals surface area contributed by atoms with Gasteiger partial charge in [0.2, 0.25) is 0 Å². The van der Waals surface area contributed by atoms with Gasteiger partial charge in [-0.25, -0.2) is 0 Å². The minimum atomic E-state index is 0.275. The van der Waals surface area contributed by atoms with Gasteiger partial charge in [0.1, 0.15) is 0 Å². The third-order valence-electron chi connectivity index (χ3n) is 1.53. The Morgan fingerprint density at radius 3 is 3.08 bits per heavy atom. The first-order chi connectivity index (χ1) is 5.84. The molecule has 0 saturated heterocycles. The van der Waals surface area contributed by atoms with Gasteiger partial charge in [0, 0.05) is 29.6 Å². The van der Waals surface area contributed by atoms with Crippen molar-refractivity contribution in [1.82, 2.24) is 4.98 Å². The summed E-state index contributed by atoms with van der Waals surface area (Å²) in [4.78, 5) is 5.27.